The number of amides is 1. The third kappa shape index (κ3) is 2.63. The number of hydrogen-bond donors (Lipinski definition) is 0. The molecule has 4 rings (SSSR count). The Kier molecular flexibility index (Phi) is 4.23. The zero-order valence-corrected chi connectivity index (χ0v) is 15.3. The third-order valence-electron chi connectivity index (χ3n) is 4.98. The number of nitrogens with zero attached hydrogens (tertiary/aromatic N) is 3. The fourth-order valence-corrected chi connectivity index (χ4v) is 5.45. The first kappa shape index (κ1) is 17.7. The van der Waals surface area contributed by atoms with Crippen molar-refractivity contribution in [2.75, 3.05) is 0 Å². The summed E-state index contributed by atoms with van der Waals surface area (Å²) in [7, 11) is 0. The quantitative estimate of drug-likeness (QED) is 0.782. The molecule has 0 aromatic heterocycles. The van der Waals surface area contributed by atoms with Crippen molar-refractivity contribution in [3.63, 3.8) is 0 Å². The fraction of sp³-hybridized carbons (Fsp3) is 0.250. The van der Waals surface area contributed by atoms with Crippen LogP contribution >= 0.6 is 11.8 Å². The van der Waals surface area contributed by atoms with Gasteiger partial charge in [0.05, 0.1) is 6.07 Å². The van der Waals surface area contributed by atoms with Crippen LogP contribution in [0.1, 0.15) is 30.0 Å². The van der Waals surface area contributed by atoms with Gasteiger partial charge in [0.2, 0.25) is 5.91 Å². The number of carbonyl (C=O) groups excluding carboxylic acids is 1. The Labute approximate surface area is 159 Å². The molecule has 27 heavy (non-hydrogen) atoms. The van der Waals surface area contributed by atoms with Crippen LogP contribution in [0.25, 0.3) is 0 Å². The molecule has 7 heteroatoms. The van der Waals surface area contributed by atoms with Crippen molar-refractivity contribution < 1.29 is 13.6 Å². The predicted octanol–water partition coefficient (Wildman–Crippen LogP) is 4.16. The Bertz CT molecular complexity index is 1020. The van der Waals surface area contributed by atoms with E-state index in [1.807, 2.05) is 24.3 Å². The summed E-state index contributed by atoms with van der Waals surface area (Å²) in [6.45, 7) is 1.39. The van der Waals surface area contributed by atoms with Crippen molar-refractivity contribution in [1.29, 1.82) is 5.26 Å². The lowest BCUT2D eigenvalue weighted by Crippen LogP contribution is -2.43. The molecule has 1 aliphatic carbocycles. The first-order chi connectivity index (χ1) is 13.0. The zero-order valence-electron chi connectivity index (χ0n) is 14.4. The SMILES string of the molecule is CC(=O)N1N=C(c2cc(F)ccc2F)S[C@]12c1ccccc1C[C@H]2CC#N. The lowest BCUT2D eigenvalue weighted by molar-refractivity contribution is -0.133. The van der Waals surface area contributed by atoms with Crippen molar-refractivity contribution >= 4 is 22.7 Å². The van der Waals surface area contributed by atoms with Crippen LogP contribution in [-0.4, -0.2) is 16.0 Å². The van der Waals surface area contributed by atoms with Gasteiger partial charge in [0.25, 0.3) is 0 Å². The predicted molar refractivity (Wildman–Crippen MR) is 98.6 cm³/mol. The van der Waals surface area contributed by atoms with Crippen LogP contribution in [0.2, 0.25) is 0 Å². The minimum absolute atomic E-state index is 0.0169. The van der Waals surface area contributed by atoms with E-state index in [4.69, 9.17) is 0 Å². The number of halogens is 2. The van der Waals surface area contributed by atoms with E-state index in [9.17, 15) is 18.8 Å². The minimum atomic E-state index is -0.924. The summed E-state index contributed by atoms with van der Waals surface area (Å²) in [5.74, 6) is -1.70. The van der Waals surface area contributed by atoms with Crippen molar-refractivity contribution in [3.05, 3.63) is 70.8 Å². The van der Waals surface area contributed by atoms with Crippen LogP contribution in [-0.2, 0) is 16.1 Å². The van der Waals surface area contributed by atoms with E-state index in [-0.39, 0.29) is 28.9 Å². The lowest BCUT2D eigenvalue weighted by atomic mass is 9.96. The average molecular weight is 383 g/mol. The highest BCUT2D eigenvalue weighted by molar-refractivity contribution is 8.15. The molecule has 0 saturated carbocycles. The summed E-state index contributed by atoms with van der Waals surface area (Å²) in [6, 6.07) is 13.0. The van der Waals surface area contributed by atoms with E-state index in [0.717, 1.165) is 29.3 Å². The maximum Gasteiger partial charge on any atom is 0.241 e. The largest absolute Gasteiger partial charge is 0.273 e. The molecule has 0 N–H and O–H groups in total. The summed E-state index contributed by atoms with van der Waals surface area (Å²) < 4.78 is 28.1. The highest BCUT2D eigenvalue weighted by atomic mass is 32.2. The van der Waals surface area contributed by atoms with Crippen LogP contribution in [0.15, 0.2) is 47.6 Å². The number of nitriles is 1. The number of hydrogen-bond acceptors (Lipinski definition) is 4. The molecule has 0 bridgehead atoms. The first-order valence-electron chi connectivity index (χ1n) is 8.46. The van der Waals surface area contributed by atoms with Gasteiger partial charge in [-0.05, 0) is 35.7 Å². The third-order valence-corrected chi connectivity index (χ3v) is 6.51. The molecule has 2 aromatic carbocycles. The number of benzene rings is 2. The molecule has 2 aliphatic rings. The second kappa shape index (κ2) is 6.46. The number of thioether (sulfide) groups is 1. The number of hydrazone groups is 1. The van der Waals surface area contributed by atoms with Gasteiger partial charge in [-0.15, -0.1) is 0 Å². The number of carbonyl (C=O) groups is 1. The molecular formula is C20H15F2N3OS. The Morgan fingerprint density at radius 1 is 1.37 bits per heavy atom. The molecular weight excluding hydrogens is 368 g/mol. The van der Waals surface area contributed by atoms with Crippen LogP contribution < -0.4 is 0 Å². The van der Waals surface area contributed by atoms with E-state index in [2.05, 4.69) is 11.2 Å². The van der Waals surface area contributed by atoms with E-state index < -0.39 is 16.5 Å². The Balaban J connectivity index is 1.89. The first-order valence-corrected chi connectivity index (χ1v) is 9.28. The van der Waals surface area contributed by atoms with Crippen molar-refractivity contribution in [1.82, 2.24) is 5.01 Å². The monoisotopic (exact) mass is 383 g/mol. The number of fused-ring (bicyclic) bond motifs is 2. The van der Waals surface area contributed by atoms with Gasteiger partial charge in [-0.3, -0.25) is 4.79 Å². The molecule has 1 amide bonds. The normalized spacial score (nSPS) is 23.3. The van der Waals surface area contributed by atoms with Crippen molar-refractivity contribution in [3.8, 4) is 6.07 Å². The number of rotatable bonds is 2. The Morgan fingerprint density at radius 3 is 2.89 bits per heavy atom. The van der Waals surface area contributed by atoms with E-state index in [0.29, 0.717) is 6.42 Å². The minimum Gasteiger partial charge on any atom is -0.273 e. The van der Waals surface area contributed by atoms with Crippen molar-refractivity contribution in [2.24, 2.45) is 11.0 Å². The zero-order chi connectivity index (χ0) is 19.2. The van der Waals surface area contributed by atoms with Crippen molar-refractivity contribution in [2.45, 2.75) is 24.6 Å². The van der Waals surface area contributed by atoms with E-state index in [1.165, 1.54) is 23.7 Å². The highest BCUT2D eigenvalue weighted by Gasteiger charge is 2.57. The summed E-state index contributed by atoms with van der Waals surface area (Å²) >= 11 is 1.22. The summed E-state index contributed by atoms with van der Waals surface area (Å²) in [6.07, 6.45) is 0.842. The molecule has 0 radical (unpaired) electrons. The van der Waals surface area contributed by atoms with Gasteiger partial charge >= 0.3 is 0 Å². The smallest absolute Gasteiger partial charge is 0.241 e. The van der Waals surface area contributed by atoms with Crippen LogP contribution in [0.5, 0.6) is 0 Å². The van der Waals surface area contributed by atoms with E-state index >= 15 is 0 Å². The summed E-state index contributed by atoms with van der Waals surface area (Å²) in [4.78, 5) is 11.5. The van der Waals surface area contributed by atoms with Crippen LogP contribution in [0.4, 0.5) is 8.78 Å². The van der Waals surface area contributed by atoms with Gasteiger partial charge in [-0.25, -0.2) is 13.8 Å². The second-order valence-corrected chi connectivity index (χ2v) is 7.79. The average Bonchev–Trinajstić information content (AvgIpc) is 3.18. The summed E-state index contributed by atoms with van der Waals surface area (Å²) in [5.41, 5.74) is 1.94. The lowest BCUT2D eigenvalue weighted by Gasteiger charge is -2.36. The Hall–Kier alpha value is -2.72. The van der Waals surface area contributed by atoms with Gasteiger partial charge in [0.15, 0.2) is 0 Å². The molecule has 0 unspecified atom stereocenters. The highest BCUT2D eigenvalue weighted by Crippen LogP contribution is 2.58. The molecule has 4 nitrogen and oxygen atoms in total. The molecule has 1 aliphatic heterocycles. The van der Waals surface area contributed by atoms with Gasteiger partial charge < -0.3 is 0 Å². The molecule has 1 heterocycles. The molecule has 1 spiro atoms. The van der Waals surface area contributed by atoms with E-state index in [1.54, 1.807) is 0 Å². The van der Waals surface area contributed by atoms with Gasteiger partial charge in [-0.2, -0.15) is 10.4 Å². The maximum absolute atomic E-state index is 14.3. The van der Waals surface area contributed by atoms with Gasteiger partial charge in [0, 0.05) is 24.8 Å². The molecule has 0 saturated heterocycles. The molecule has 0 fully saturated rings. The molecule has 136 valence electrons. The molecule has 2 atom stereocenters. The Morgan fingerprint density at radius 2 is 2.15 bits per heavy atom. The standard InChI is InChI=1S/C20H15F2N3OS/c1-12(26)25-20(14(8-9-23)10-13-4-2-3-5-17(13)20)27-19(24-25)16-11-15(21)6-7-18(16)22/h2-7,11,14H,8,10H2,1H3/t14-,20-/m1/s1. The van der Waals surface area contributed by atoms with Crippen LogP contribution in [0.3, 0.4) is 0 Å². The second-order valence-electron chi connectivity index (χ2n) is 6.58. The van der Waals surface area contributed by atoms with Gasteiger partial charge in [-0.1, -0.05) is 36.0 Å². The summed E-state index contributed by atoms with van der Waals surface area (Å²) in [5, 5.41) is 15.3. The molecule has 2 aromatic rings. The topological polar surface area (TPSA) is 56.5 Å². The fourth-order valence-electron chi connectivity index (χ4n) is 3.87. The maximum atomic E-state index is 14.3. The van der Waals surface area contributed by atoms with Gasteiger partial charge in [0.1, 0.15) is 21.5 Å². The van der Waals surface area contributed by atoms with Crippen LogP contribution in [0, 0.1) is 28.9 Å².